The van der Waals surface area contributed by atoms with Gasteiger partial charge in [-0.3, -0.25) is 4.18 Å². The van der Waals surface area contributed by atoms with E-state index in [2.05, 4.69) is 13.6 Å². The highest BCUT2D eigenvalue weighted by atomic mass is 32.3. The van der Waals surface area contributed by atoms with E-state index in [4.69, 9.17) is 28.1 Å². The molecule has 0 unspecified atom stereocenters. The number of hydrogen-bond acceptors (Lipinski definition) is 10. The van der Waals surface area contributed by atoms with Crippen LogP contribution < -0.4 is 0 Å². The predicted molar refractivity (Wildman–Crippen MR) is 71.4 cm³/mol. The van der Waals surface area contributed by atoms with Gasteiger partial charge < -0.3 is 14.2 Å². The highest BCUT2D eigenvalue weighted by molar-refractivity contribution is 7.85. The molecule has 0 aromatic rings. The normalized spacial score (nSPS) is 39.7. The molecule has 0 radical (unpaired) electrons. The maximum Gasteiger partial charge on any atom is 0.400 e. The van der Waals surface area contributed by atoms with Gasteiger partial charge in [0.05, 0.1) is 11.1 Å². The molecule has 3 aliphatic heterocycles. The summed E-state index contributed by atoms with van der Waals surface area (Å²) in [6.45, 7) is 2.01. The summed E-state index contributed by atoms with van der Waals surface area (Å²) in [5, 5.41) is 0. The van der Waals surface area contributed by atoms with Gasteiger partial charge in [-0.05, 0) is 19.4 Å². The number of rotatable bonds is 4. The number of nitrogens with zero attached hydrogens (tertiary/aromatic N) is 3. The lowest BCUT2D eigenvalue weighted by Crippen LogP contribution is -2.60. The first-order chi connectivity index (χ1) is 11.0. The van der Waals surface area contributed by atoms with Crippen LogP contribution in [0.25, 0.3) is 10.4 Å². The van der Waals surface area contributed by atoms with Crippen molar-refractivity contribution in [2.24, 2.45) is 4.52 Å². The summed E-state index contributed by atoms with van der Waals surface area (Å²) in [7, 11) is -8.78. The summed E-state index contributed by atoms with van der Waals surface area (Å²) in [4.78, 5) is 2.13. The minimum absolute atomic E-state index is 0.273. The first-order valence-electron chi connectivity index (χ1n) is 6.57. The maximum absolute atomic E-state index is 11.5. The predicted octanol–water partition coefficient (Wildman–Crippen LogP) is -0.535. The van der Waals surface area contributed by atoms with Crippen LogP contribution in [0.3, 0.4) is 0 Å². The van der Waals surface area contributed by atoms with Crippen molar-refractivity contribution in [2.75, 3.05) is 13.2 Å². The Hall–Kier alpha value is -1.03. The van der Waals surface area contributed by atoms with Crippen LogP contribution in [0.2, 0.25) is 0 Å². The van der Waals surface area contributed by atoms with Gasteiger partial charge in [-0.2, -0.15) is 16.8 Å². The molecule has 136 valence electrons. The second kappa shape index (κ2) is 5.48. The van der Waals surface area contributed by atoms with Gasteiger partial charge in [0.15, 0.2) is 5.79 Å². The van der Waals surface area contributed by atoms with E-state index in [1.54, 1.807) is 0 Å². The third kappa shape index (κ3) is 3.22. The van der Waals surface area contributed by atoms with Crippen LogP contribution >= 0.6 is 0 Å². The first-order valence-corrected chi connectivity index (χ1v) is 9.27. The molecule has 15 heteroatoms. The van der Waals surface area contributed by atoms with Crippen molar-refractivity contribution in [3.05, 3.63) is 10.4 Å². The molecule has 0 amide bonds. The van der Waals surface area contributed by atoms with Crippen molar-refractivity contribution in [1.29, 1.82) is 0 Å². The molecule has 13 nitrogen and oxygen atoms in total. The van der Waals surface area contributed by atoms with Crippen molar-refractivity contribution in [1.82, 2.24) is 0 Å². The number of azide groups is 1. The Balaban J connectivity index is 1.88. The van der Waals surface area contributed by atoms with Crippen LogP contribution in [0.1, 0.15) is 13.8 Å². The third-order valence-corrected chi connectivity index (χ3v) is 5.07. The van der Waals surface area contributed by atoms with E-state index in [0.717, 1.165) is 0 Å². The summed E-state index contributed by atoms with van der Waals surface area (Å²) in [6.07, 6.45) is -3.25. The molecule has 0 saturated carbocycles. The molecule has 4 atom stereocenters. The van der Waals surface area contributed by atoms with Crippen LogP contribution in [-0.2, 0) is 47.5 Å². The minimum Gasteiger partial charge on any atom is -0.343 e. The summed E-state index contributed by atoms with van der Waals surface area (Å²) in [5.41, 5.74) is 8.20. The van der Waals surface area contributed by atoms with Gasteiger partial charge in [-0.1, -0.05) is 0 Å². The van der Waals surface area contributed by atoms with Crippen molar-refractivity contribution in [2.45, 2.75) is 43.7 Å². The van der Waals surface area contributed by atoms with E-state index in [1.807, 2.05) is 0 Å². The van der Waals surface area contributed by atoms with E-state index in [9.17, 15) is 16.8 Å². The summed E-state index contributed by atoms with van der Waals surface area (Å²) in [6, 6.07) is 0. The lowest BCUT2D eigenvalue weighted by Gasteiger charge is -2.39. The molecule has 0 aromatic heterocycles. The second-order valence-electron chi connectivity index (χ2n) is 5.63. The maximum atomic E-state index is 11.5. The zero-order valence-electron chi connectivity index (χ0n) is 12.4. The van der Waals surface area contributed by atoms with E-state index >= 15 is 0 Å². The first kappa shape index (κ1) is 17.8. The van der Waals surface area contributed by atoms with Gasteiger partial charge in [0.25, 0.3) is 0 Å². The van der Waals surface area contributed by atoms with Crippen LogP contribution in [0, 0.1) is 0 Å². The second-order valence-corrected chi connectivity index (χ2v) is 8.08. The van der Waals surface area contributed by atoms with Gasteiger partial charge >= 0.3 is 20.7 Å². The molecule has 3 aliphatic rings. The number of hydrogen-bond donors (Lipinski definition) is 0. The Bertz CT molecular complexity index is 788. The lowest BCUT2D eigenvalue weighted by molar-refractivity contribution is -0.290. The largest absolute Gasteiger partial charge is 0.400 e. The van der Waals surface area contributed by atoms with Crippen LogP contribution in [0.15, 0.2) is 4.52 Å². The Kier molecular flexibility index (Phi) is 4.06. The monoisotopic (exact) mass is 387 g/mol. The minimum atomic E-state index is -4.55. The molecular formula is C9H13N3O10S2. The zero-order valence-corrected chi connectivity index (χ0v) is 14.0. The summed E-state index contributed by atoms with van der Waals surface area (Å²) < 4.78 is 79.1. The molecule has 3 fully saturated rings. The smallest absolute Gasteiger partial charge is 0.343 e. The van der Waals surface area contributed by atoms with Crippen molar-refractivity contribution < 1.29 is 43.6 Å². The van der Waals surface area contributed by atoms with Crippen LogP contribution in [0.4, 0.5) is 0 Å². The molecule has 3 rings (SSSR count). The average Bonchev–Trinajstić information content (AvgIpc) is 2.88. The molecule has 0 spiro atoms. The van der Waals surface area contributed by atoms with E-state index < -0.39 is 57.2 Å². The van der Waals surface area contributed by atoms with E-state index in [0.29, 0.717) is 0 Å². The number of fused-ring (bicyclic) bond motifs is 3. The van der Waals surface area contributed by atoms with E-state index in [1.165, 1.54) is 13.8 Å². The Labute approximate surface area is 136 Å². The van der Waals surface area contributed by atoms with Crippen LogP contribution in [0.5, 0.6) is 0 Å². The fraction of sp³-hybridized carbons (Fsp3) is 1.00. The van der Waals surface area contributed by atoms with Gasteiger partial charge in [-0.25, -0.2) is 8.37 Å². The van der Waals surface area contributed by atoms with Crippen molar-refractivity contribution in [3.63, 3.8) is 0 Å². The van der Waals surface area contributed by atoms with E-state index in [-0.39, 0.29) is 6.61 Å². The molecule has 0 N–H and O–H groups in total. The summed E-state index contributed by atoms with van der Waals surface area (Å²) in [5.74, 6) is -3.03. The lowest BCUT2D eigenvalue weighted by atomic mass is 9.98. The number of ether oxygens (including phenoxy) is 3. The van der Waals surface area contributed by atoms with Crippen molar-refractivity contribution >= 4 is 20.7 Å². The van der Waals surface area contributed by atoms with Crippen LogP contribution in [-0.4, -0.2) is 59.9 Å². The quantitative estimate of drug-likeness (QED) is 0.346. The van der Waals surface area contributed by atoms with Gasteiger partial charge in [0.2, 0.25) is 5.79 Å². The highest BCUT2D eigenvalue weighted by Crippen LogP contribution is 2.46. The Morgan fingerprint density at radius 2 is 2.08 bits per heavy atom. The molecule has 3 heterocycles. The SMILES string of the molecule is CC1(C)O[C@H]2[C@@H]3OS(=O)(=O)O[C@@H]3CO[C@@]2(COS(=O)(=O)N=[N+]=[N-])O1. The zero-order chi connectivity index (χ0) is 17.8. The molecular weight excluding hydrogens is 374 g/mol. The van der Waals surface area contributed by atoms with Gasteiger partial charge in [0.1, 0.15) is 24.9 Å². The Morgan fingerprint density at radius 1 is 1.38 bits per heavy atom. The molecule has 0 aromatic carbocycles. The molecule has 0 aliphatic carbocycles. The summed E-state index contributed by atoms with van der Waals surface area (Å²) >= 11 is 0. The van der Waals surface area contributed by atoms with Gasteiger partial charge in [0, 0.05) is 4.91 Å². The topological polar surface area (TPSA) is 172 Å². The highest BCUT2D eigenvalue weighted by Gasteiger charge is 2.66. The molecule has 3 saturated heterocycles. The molecule has 0 bridgehead atoms. The Morgan fingerprint density at radius 3 is 2.75 bits per heavy atom. The third-order valence-electron chi connectivity index (χ3n) is 3.44. The van der Waals surface area contributed by atoms with Gasteiger partial charge in [-0.15, -0.1) is 0 Å². The fourth-order valence-electron chi connectivity index (χ4n) is 2.72. The van der Waals surface area contributed by atoms with Crippen molar-refractivity contribution in [3.8, 4) is 0 Å². The fourth-order valence-corrected chi connectivity index (χ4v) is 4.18. The average molecular weight is 387 g/mol. The molecule has 24 heavy (non-hydrogen) atoms. The standard InChI is InChI=1S/C9H13N3O10S2/c1-8(2)19-7-6-5(20-24(15,16)21-6)3-17-9(7,22-8)4-18-23(13,14)12-11-10/h5-7H,3-4H2,1-2H3/t5-,6-,7+,9+/m1/s1.